The summed E-state index contributed by atoms with van der Waals surface area (Å²) in [5.41, 5.74) is 0. The van der Waals surface area contributed by atoms with Crippen molar-refractivity contribution in [3.63, 3.8) is 0 Å². The van der Waals surface area contributed by atoms with Crippen LogP contribution in [0.2, 0.25) is 0 Å². The second kappa shape index (κ2) is 10.4. The Labute approximate surface area is 157 Å². The van der Waals surface area contributed by atoms with Gasteiger partial charge in [0.1, 0.15) is 48.8 Å². The Morgan fingerprint density at radius 3 is 1.78 bits per heavy atom. The van der Waals surface area contributed by atoms with Crippen LogP contribution in [0.4, 0.5) is 0 Å². The van der Waals surface area contributed by atoms with E-state index in [0.717, 1.165) is 0 Å². The summed E-state index contributed by atoms with van der Waals surface area (Å²) >= 11 is 0. The average Bonchev–Trinajstić information content (AvgIpc) is 2.60. The Kier molecular flexibility index (Phi) is 9.45. The zero-order valence-electron chi connectivity index (χ0n) is 14.5. The number of aliphatic hydroxyl groups is 7. The molecule has 2 aliphatic heterocycles. The molecule has 0 aromatic heterocycles. The topological polar surface area (TPSA) is 179 Å². The van der Waals surface area contributed by atoms with Crippen molar-refractivity contribution in [2.45, 2.75) is 88.8 Å². The molecule has 11 nitrogen and oxygen atoms in total. The fraction of sp³-hybridized carbons (Fsp3) is 1.00. The third-order valence-electron chi connectivity index (χ3n) is 4.37. The van der Waals surface area contributed by atoms with E-state index in [0.29, 0.717) is 0 Å². The van der Waals surface area contributed by atoms with Crippen LogP contribution >= 0.6 is 0 Å². The maximum atomic E-state index is 10.3. The minimum atomic E-state index is -1.69. The van der Waals surface area contributed by atoms with Crippen molar-refractivity contribution in [1.82, 2.24) is 0 Å². The van der Waals surface area contributed by atoms with E-state index in [-0.39, 0.29) is 13.5 Å². The number of hydrogen-bond donors (Lipinski definition) is 7. The van der Waals surface area contributed by atoms with E-state index in [1.807, 2.05) is 0 Å². The monoisotopic (exact) mass is 400 g/mol. The normalized spacial score (nSPS) is 45.6. The summed E-state index contributed by atoms with van der Waals surface area (Å²) in [5.74, 6) is 0. The van der Waals surface area contributed by atoms with Gasteiger partial charge in [-0.3, -0.25) is 0 Å². The molecule has 10 atom stereocenters. The maximum Gasteiger partial charge on any atom is 0.187 e. The molecule has 162 valence electrons. The summed E-state index contributed by atoms with van der Waals surface area (Å²) < 4.78 is 21.4. The van der Waals surface area contributed by atoms with E-state index < -0.39 is 74.6 Å². The van der Waals surface area contributed by atoms with Crippen LogP contribution in [0.1, 0.15) is 21.3 Å². The minimum absolute atomic E-state index is 0. The third kappa shape index (κ3) is 5.34. The first-order valence-electron chi connectivity index (χ1n) is 8.45. The molecule has 2 rings (SSSR count). The summed E-state index contributed by atoms with van der Waals surface area (Å²) in [5, 5.41) is 68.8. The second-order valence-electron chi connectivity index (χ2n) is 6.69. The summed E-state index contributed by atoms with van der Waals surface area (Å²) in [7, 11) is 0. The Morgan fingerprint density at radius 1 is 0.741 bits per heavy atom. The number of ether oxygens (including phenoxy) is 4. The van der Waals surface area contributed by atoms with E-state index >= 15 is 0 Å². The van der Waals surface area contributed by atoms with E-state index in [2.05, 4.69) is 0 Å². The van der Waals surface area contributed by atoms with Gasteiger partial charge in [0.25, 0.3) is 0 Å². The maximum absolute atomic E-state index is 10.3. The molecule has 2 heterocycles. The van der Waals surface area contributed by atoms with Crippen molar-refractivity contribution < 1.29 is 54.7 Å². The predicted molar refractivity (Wildman–Crippen MR) is 89.4 cm³/mol. The Hall–Kier alpha value is -0.440. The van der Waals surface area contributed by atoms with Gasteiger partial charge in [-0.15, -0.1) is 0 Å². The van der Waals surface area contributed by atoms with Crippen molar-refractivity contribution in [3.8, 4) is 0 Å². The van der Waals surface area contributed by atoms with Gasteiger partial charge in [-0.2, -0.15) is 0 Å². The standard InChI is InChI=1S/C15H28O11.CH4/c1-5(2)23-14-12(22)10(20)13(7(4-17)25-14)26-15-11(21)9(19)8(18)6(3-16)24-15;/h5-22H,3-4H2,1-2H3;1H4/t6?,7?,8-,9?,10?,11?,12?,13+,14-,15-;/m0./s1. The minimum Gasteiger partial charge on any atom is -0.394 e. The molecular weight excluding hydrogens is 368 g/mol. The average molecular weight is 400 g/mol. The fourth-order valence-corrected chi connectivity index (χ4v) is 2.94. The van der Waals surface area contributed by atoms with Gasteiger partial charge >= 0.3 is 0 Å². The molecule has 6 unspecified atom stereocenters. The molecule has 0 aromatic carbocycles. The Balaban J connectivity index is 0.00000364. The van der Waals surface area contributed by atoms with Gasteiger partial charge in [-0.1, -0.05) is 7.43 Å². The van der Waals surface area contributed by atoms with Crippen LogP contribution in [0.5, 0.6) is 0 Å². The Bertz CT molecular complexity index is 433. The van der Waals surface area contributed by atoms with Crippen LogP contribution < -0.4 is 0 Å². The van der Waals surface area contributed by atoms with Crippen molar-refractivity contribution in [2.75, 3.05) is 13.2 Å². The summed E-state index contributed by atoms with van der Waals surface area (Å²) in [6.07, 6.45) is -14.7. The molecule has 0 spiro atoms. The van der Waals surface area contributed by atoms with Crippen molar-refractivity contribution in [3.05, 3.63) is 0 Å². The van der Waals surface area contributed by atoms with Crippen molar-refractivity contribution in [2.24, 2.45) is 0 Å². The van der Waals surface area contributed by atoms with Crippen LogP contribution in [0, 0.1) is 0 Å². The lowest BCUT2D eigenvalue weighted by Gasteiger charge is -2.46. The molecule has 2 saturated heterocycles. The molecule has 11 heteroatoms. The Morgan fingerprint density at radius 2 is 1.26 bits per heavy atom. The SMILES string of the molecule is C.CC(C)O[C@H]1OC(CO)[C@@H](O[C@@H]2OC(CO)[C@H](O)C(O)C2O)C(O)C1O. The number of hydrogen-bond acceptors (Lipinski definition) is 11. The first-order valence-corrected chi connectivity index (χ1v) is 8.45. The number of aliphatic hydroxyl groups excluding tert-OH is 7. The summed E-state index contributed by atoms with van der Waals surface area (Å²) in [4.78, 5) is 0. The van der Waals surface area contributed by atoms with Crippen LogP contribution in [0.15, 0.2) is 0 Å². The smallest absolute Gasteiger partial charge is 0.187 e. The van der Waals surface area contributed by atoms with Gasteiger partial charge in [0, 0.05) is 0 Å². The van der Waals surface area contributed by atoms with Crippen LogP contribution in [-0.4, -0.2) is 116 Å². The van der Waals surface area contributed by atoms with Gasteiger partial charge in [0.15, 0.2) is 12.6 Å². The highest BCUT2D eigenvalue weighted by molar-refractivity contribution is 4.94. The third-order valence-corrected chi connectivity index (χ3v) is 4.37. The second-order valence-corrected chi connectivity index (χ2v) is 6.69. The van der Waals surface area contributed by atoms with Crippen molar-refractivity contribution in [1.29, 1.82) is 0 Å². The van der Waals surface area contributed by atoms with Gasteiger partial charge in [-0.05, 0) is 13.8 Å². The molecule has 2 aliphatic rings. The van der Waals surface area contributed by atoms with Crippen LogP contribution in [0.25, 0.3) is 0 Å². The van der Waals surface area contributed by atoms with E-state index in [9.17, 15) is 35.7 Å². The molecule has 2 fully saturated rings. The highest BCUT2D eigenvalue weighted by Gasteiger charge is 2.50. The first-order chi connectivity index (χ1) is 12.2. The molecule has 0 aromatic rings. The highest BCUT2D eigenvalue weighted by Crippen LogP contribution is 2.29. The fourth-order valence-electron chi connectivity index (χ4n) is 2.94. The van der Waals surface area contributed by atoms with Gasteiger partial charge in [0.2, 0.25) is 0 Å². The molecule has 0 bridgehead atoms. The van der Waals surface area contributed by atoms with E-state index in [4.69, 9.17) is 18.9 Å². The van der Waals surface area contributed by atoms with E-state index in [1.54, 1.807) is 13.8 Å². The zero-order valence-corrected chi connectivity index (χ0v) is 14.5. The largest absolute Gasteiger partial charge is 0.394 e. The van der Waals surface area contributed by atoms with Gasteiger partial charge in [0.05, 0.1) is 19.3 Å². The molecule has 0 aliphatic carbocycles. The molecular formula is C16H32O11. The first kappa shape index (κ1) is 24.6. The molecule has 0 radical (unpaired) electrons. The summed E-state index contributed by atoms with van der Waals surface area (Å²) in [6.45, 7) is 2.16. The quantitative estimate of drug-likeness (QED) is 0.237. The van der Waals surface area contributed by atoms with E-state index in [1.165, 1.54) is 0 Å². The summed E-state index contributed by atoms with van der Waals surface area (Å²) in [6, 6.07) is 0. The zero-order chi connectivity index (χ0) is 19.6. The molecule has 7 N–H and O–H groups in total. The molecule has 0 saturated carbocycles. The lowest BCUT2D eigenvalue weighted by molar-refractivity contribution is -0.361. The lowest BCUT2D eigenvalue weighted by Crippen LogP contribution is -2.64. The molecule has 0 amide bonds. The van der Waals surface area contributed by atoms with Crippen LogP contribution in [0.3, 0.4) is 0 Å². The van der Waals surface area contributed by atoms with Gasteiger partial charge < -0.3 is 54.7 Å². The van der Waals surface area contributed by atoms with Gasteiger partial charge in [-0.25, -0.2) is 0 Å². The lowest BCUT2D eigenvalue weighted by atomic mass is 9.97. The van der Waals surface area contributed by atoms with Crippen LogP contribution in [-0.2, 0) is 18.9 Å². The predicted octanol–water partition coefficient (Wildman–Crippen LogP) is -3.33. The van der Waals surface area contributed by atoms with Crippen molar-refractivity contribution >= 4 is 0 Å². The number of rotatable bonds is 6. The molecule has 27 heavy (non-hydrogen) atoms. The highest BCUT2D eigenvalue weighted by atomic mass is 16.7.